The minimum atomic E-state index is -1.13. The quantitative estimate of drug-likeness (QED) is 0.0671. The van der Waals surface area contributed by atoms with Crippen LogP contribution in [0.4, 0.5) is 0 Å². The standard InChI is InChI=1S/C19H40N8O4/c1-13(26-17(30)14(21)12-28)16(29)27-15(8-7-11-25-19(22)23)18(31)24-10-6-4-2-3-5-9-20/h13-15,28H,2-12,20-21H2,1H3,(H,24,31)(H,26,30)(H,27,29)(H4,22,23,25)/t13-,14-,15-/m0/s1. The zero-order valence-electron chi connectivity index (χ0n) is 18.4. The predicted octanol–water partition coefficient (Wildman–Crippen LogP) is -2.63. The van der Waals surface area contributed by atoms with Crippen molar-refractivity contribution in [3.8, 4) is 0 Å². The zero-order valence-corrected chi connectivity index (χ0v) is 18.4. The number of amides is 3. The molecule has 0 unspecified atom stereocenters. The molecule has 12 heteroatoms. The highest BCUT2D eigenvalue weighted by molar-refractivity contribution is 5.92. The number of aliphatic hydroxyl groups excluding tert-OH is 1. The first-order valence-electron chi connectivity index (χ1n) is 10.7. The number of rotatable bonds is 17. The first kappa shape index (κ1) is 28.6. The number of aliphatic imine (C=N–C) groups is 1. The molecule has 3 amide bonds. The van der Waals surface area contributed by atoms with Crippen LogP contribution in [-0.2, 0) is 14.4 Å². The van der Waals surface area contributed by atoms with Crippen LogP contribution in [0.3, 0.4) is 0 Å². The second kappa shape index (κ2) is 17.3. The molecule has 0 spiro atoms. The minimum Gasteiger partial charge on any atom is -0.394 e. The predicted molar refractivity (Wildman–Crippen MR) is 120 cm³/mol. The Bertz CT molecular complexity index is 569. The van der Waals surface area contributed by atoms with Gasteiger partial charge >= 0.3 is 0 Å². The maximum absolute atomic E-state index is 12.6. The fourth-order valence-corrected chi connectivity index (χ4v) is 2.67. The number of guanidine groups is 1. The molecular weight excluding hydrogens is 404 g/mol. The maximum atomic E-state index is 12.6. The summed E-state index contributed by atoms with van der Waals surface area (Å²) in [6.45, 7) is 2.43. The van der Waals surface area contributed by atoms with E-state index in [0.717, 1.165) is 32.1 Å². The Morgan fingerprint density at radius 2 is 1.58 bits per heavy atom. The number of nitrogens with two attached hydrogens (primary N) is 4. The first-order chi connectivity index (χ1) is 14.7. The van der Waals surface area contributed by atoms with E-state index >= 15 is 0 Å². The lowest BCUT2D eigenvalue weighted by molar-refractivity contribution is -0.132. The monoisotopic (exact) mass is 444 g/mol. The fourth-order valence-electron chi connectivity index (χ4n) is 2.67. The number of nitrogens with one attached hydrogen (secondary N) is 3. The fraction of sp³-hybridized carbons (Fsp3) is 0.789. The average Bonchev–Trinajstić information content (AvgIpc) is 2.73. The Labute approximate surface area is 183 Å². The Balaban J connectivity index is 4.68. The van der Waals surface area contributed by atoms with Crippen molar-refractivity contribution in [3.63, 3.8) is 0 Å². The van der Waals surface area contributed by atoms with Gasteiger partial charge in [0, 0.05) is 13.1 Å². The lowest BCUT2D eigenvalue weighted by Crippen LogP contribution is -2.55. The van der Waals surface area contributed by atoms with Crippen LogP contribution in [0.2, 0.25) is 0 Å². The van der Waals surface area contributed by atoms with E-state index in [0.29, 0.717) is 32.5 Å². The molecule has 0 saturated carbocycles. The van der Waals surface area contributed by atoms with Crippen LogP contribution in [0, 0.1) is 0 Å². The summed E-state index contributed by atoms with van der Waals surface area (Å²) < 4.78 is 0. The van der Waals surface area contributed by atoms with Crippen LogP contribution in [0.5, 0.6) is 0 Å². The van der Waals surface area contributed by atoms with Crippen LogP contribution in [0.1, 0.15) is 51.9 Å². The summed E-state index contributed by atoms with van der Waals surface area (Å²) in [4.78, 5) is 40.6. The third-order valence-electron chi connectivity index (χ3n) is 4.54. The van der Waals surface area contributed by atoms with Gasteiger partial charge < -0.3 is 44.0 Å². The maximum Gasteiger partial charge on any atom is 0.242 e. The first-order valence-corrected chi connectivity index (χ1v) is 10.7. The van der Waals surface area contributed by atoms with Gasteiger partial charge in [-0.2, -0.15) is 0 Å². The molecule has 0 rings (SSSR count). The van der Waals surface area contributed by atoms with Gasteiger partial charge in [0.1, 0.15) is 18.1 Å². The van der Waals surface area contributed by atoms with Crippen molar-refractivity contribution in [2.24, 2.45) is 27.9 Å². The van der Waals surface area contributed by atoms with Gasteiger partial charge in [-0.05, 0) is 39.2 Å². The topological polar surface area (TPSA) is 224 Å². The molecule has 0 heterocycles. The Hall–Kier alpha value is -2.44. The zero-order chi connectivity index (χ0) is 23.6. The van der Waals surface area contributed by atoms with Crippen LogP contribution in [-0.4, -0.2) is 73.2 Å². The van der Waals surface area contributed by atoms with Crippen LogP contribution in [0.15, 0.2) is 4.99 Å². The van der Waals surface area contributed by atoms with Gasteiger partial charge in [-0.25, -0.2) is 0 Å². The summed E-state index contributed by atoms with van der Waals surface area (Å²) in [7, 11) is 0. The van der Waals surface area contributed by atoms with E-state index in [9.17, 15) is 14.4 Å². The number of unbranched alkanes of at least 4 members (excludes halogenated alkanes) is 4. The van der Waals surface area contributed by atoms with Gasteiger partial charge in [-0.15, -0.1) is 0 Å². The summed E-state index contributed by atoms with van der Waals surface area (Å²) in [6.07, 6.45) is 5.73. The average molecular weight is 445 g/mol. The summed E-state index contributed by atoms with van der Waals surface area (Å²) >= 11 is 0. The van der Waals surface area contributed by atoms with Crippen LogP contribution in [0.25, 0.3) is 0 Å². The molecule has 0 aliphatic carbocycles. The number of carbonyl (C=O) groups is 3. The van der Waals surface area contributed by atoms with Gasteiger partial charge in [-0.1, -0.05) is 19.3 Å². The van der Waals surface area contributed by atoms with Crippen molar-refractivity contribution in [1.29, 1.82) is 0 Å². The molecule has 0 aromatic carbocycles. The highest BCUT2D eigenvalue weighted by Crippen LogP contribution is 2.03. The van der Waals surface area contributed by atoms with E-state index < -0.39 is 36.5 Å². The van der Waals surface area contributed by atoms with Crippen molar-refractivity contribution < 1.29 is 19.5 Å². The van der Waals surface area contributed by atoms with Crippen LogP contribution >= 0.6 is 0 Å². The van der Waals surface area contributed by atoms with E-state index in [1.807, 2.05) is 0 Å². The molecule has 0 radical (unpaired) electrons. The molecule has 3 atom stereocenters. The van der Waals surface area contributed by atoms with Gasteiger partial charge in [0.15, 0.2) is 5.96 Å². The van der Waals surface area contributed by atoms with Gasteiger partial charge in [-0.3, -0.25) is 19.4 Å². The molecule has 180 valence electrons. The van der Waals surface area contributed by atoms with Crippen molar-refractivity contribution in [1.82, 2.24) is 16.0 Å². The molecule has 12 nitrogen and oxygen atoms in total. The van der Waals surface area contributed by atoms with Crippen molar-refractivity contribution >= 4 is 23.7 Å². The Morgan fingerprint density at radius 1 is 0.935 bits per heavy atom. The van der Waals surface area contributed by atoms with Gasteiger partial charge in [0.2, 0.25) is 17.7 Å². The van der Waals surface area contributed by atoms with E-state index in [1.54, 1.807) is 0 Å². The van der Waals surface area contributed by atoms with Crippen LogP contribution < -0.4 is 38.9 Å². The lowest BCUT2D eigenvalue weighted by atomic mass is 10.1. The van der Waals surface area contributed by atoms with E-state index in [4.69, 9.17) is 28.0 Å². The number of hydrogen-bond donors (Lipinski definition) is 8. The minimum absolute atomic E-state index is 0.0452. The number of carbonyl (C=O) groups excluding carboxylic acids is 3. The molecule has 0 aliphatic rings. The molecule has 0 bridgehead atoms. The normalized spacial score (nSPS) is 13.5. The number of hydrogen-bond acceptors (Lipinski definition) is 7. The molecule has 12 N–H and O–H groups in total. The largest absolute Gasteiger partial charge is 0.394 e. The van der Waals surface area contributed by atoms with Gasteiger partial charge in [0.05, 0.1) is 6.61 Å². The lowest BCUT2D eigenvalue weighted by Gasteiger charge is -2.22. The smallest absolute Gasteiger partial charge is 0.242 e. The summed E-state index contributed by atoms with van der Waals surface area (Å²) in [5, 5.41) is 16.8. The molecule has 0 fully saturated rings. The summed E-state index contributed by atoms with van der Waals surface area (Å²) in [5.41, 5.74) is 21.5. The number of aliphatic hydroxyl groups is 1. The Kier molecular flexibility index (Phi) is 15.9. The Morgan fingerprint density at radius 3 is 2.19 bits per heavy atom. The molecule has 0 aromatic rings. The van der Waals surface area contributed by atoms with E-state index in [-0.39, 0.29) is 11.9 Å². The third kappa shape index (κ3) is 14.2. The summed E-state index contributed by atoms with van der Waals surface area (Å²) in [6, 6.07) is -2.86. The highest BCUT2D eigenvalue weighted by atomic mass is 16.3. The number of nitrogens with zero attached hydrogens (tertiary/aromatic N) is 1. The SMILES string of the molecule is C[C@H](NC(=O)[C@@H](N)CO)C(=O)N[C@@H](CCCN=C(N)N)C(=O)NCCCCCCCN. The third-order valence-corrected chi connectivity index (χ3v) is 4.54. The van der Waals surface area contributed by atoms with Gasteiger partial charge in [0.25, 0.3) is 0 Å². The van der Waals surface area contributed by atoms with E-state index in [1.165, 1.54) is 6.92 Å². The highest BCUT2D eigenvalue weighted by Gasteiger charge is 2.25. The van der Waals surface area contributed by atoms with Crippen molar-refractivity contribution in [2.75, 3.05) is 26.2 Å². The molecule has 0 aromatic heterocycles. The second-order valence-corrected chi connectivity index (χ2v) is 7.38. The van der Waals surface area contributed by atoms with Crippen molar-refractivity contribution in [2.45, 2.75) is 70.0 Å². The van der Waals surface area contributed by atoms with Crippen molar-refractivity contribution in [3.05, 3.63) is 0 Å². The molecule has 0 aliphatic heterocycles. The second-order valence-electron chi connectivity index (χ2n) is 7.38. The molecule has 0 saturated heterocycles. The molecule has 31 heavy (non-hydrogen) atoms. The van der Waals surface area contributed by atoms with E-state index in [2.05, 4.69) is 20.9 Å². The molecular formula is C19H40N8O4. The summed E-state index contributed by atoms with van der Waals surface area (Å²) in [5.74, 6) is -1.56.